The highest BCUT2D eigenvalue weighted by molar-refractivity contribution is 5.90. The summed E-state index contributed by atoms with van der Waals surface area (Å²) in [6.45, 7) is 0.946. The van der Waals surface area contributed by atoms with Crippen LogP contribution in [0.1, 0.15) is 23.5 Å². The van der Waals surface area contributed by atoms with Crippen LogP contribution in [0.3, 0.4) is 0 Å². The van der Waals surface area contributed by atoms with Crippen LogP contribution in [0.15, 0.2) is 70.1 Å². The molecular formula is C26H18O7. The van der Waals surface area contributed by atoms with Crippen LogP contribution in [0.25, 0.3) is 22.1 Å². The zero-order chi connectivity index (χ0) is 22.5. The van der Waals surface area contributed by atoms with Crippen molar-refractivity contribution in [3.05, 3.63) is 82.2 Å². The van der Waals surface area contributed by atoms with Gasteiger partial charge in [0.25, 0.3) is 0 Å². The Kier molecular flexibility index (Phi) is 4.36. The standard InChI is InChI=1S/C26H18O7/c27-16-4-1-14(2-5-16)19-13-32-26-17(25(19)29)6-8-21-24(26)18(12-23(28)33-21)15-3-7-20-22(11-15)31-10-9-30-20/h1-8,11,13,18,27H,9-10,12H2. The van der Waals surface area contributed by atoms with Gasteiger partial charge in [0.2, 0.25) is 5.43 Å². The number of carbonyl (C=O) groups is 1. The van der Waals surface area contributed by atoms with Crippen molar-refractivity contribution in [1.29, 1.82) is 0 Å². The maximum absolute atomic E-state index is 13.3. The van der Waals surface area contributed by atoms with E-state index in [1.807, 2.05) is 18.2 Å². The molecule has 0 aliphatic carbocycles. The van der Waals surface area contributed by atoms with Gasteiger partial charge in [-0.3, -0.25) is 9.59 Å². The molecule has 164 valence electrons. The van der Waals surface area contributed by atoms with E-state index in [0.29, 0.717) is 58.1 Å². The topological polar surface area (TPSA) is 95.2 Å². The van der Waals surface area contributed by atoms with Gasteiger partial charge in [0.1, 0.15) is 36.6 Å². The molecule has 33 heavy (non-hydrogen) atoms. The Morgan fingerprint density at radius 3 is 2.42 bits per heavy atom. The van der Waals surface area contributed by atoms with Crippen LogP contribution >= 0.6 is 0 Å². The Balaban J connectivity index is 1.53. The van der Waals surface area contributed by atoms with E-state index in [9.17, 15) is 14.7 Å². The summed E-state index contributed by atoms with van der Waals surface area (Å²) in [4.78, 5) is 25.7. The zero-order valence-corrected chi connectivity index (χ0v) is 17.4. The van der Waals surface area contributed by atoms with E-state index in [1.54, 1.807) is 24.3 Å². The fraction of sp³-hybridized carbons (Fsp3) is 0.154. The van der Waals surface area contributed by atoms with Crippen LogP contribution in [0, 0.1) is 0 Å². The highest BCUT2D eigenvalue weighted by atomic mass is 16.6. The van der Waals surface area contributed by atoms with Crippen LogP contribution in [-0.4, -0.2) is 24.3 Å². The van der Waals surface area contributed by atoms with E-state index in [4.69, 9.17) is 18.6 Å². The Hall–Kier alpha value is -4.26. The molecule has 0 fully saturated rings. The van der Waals surface area contributed by atoms with Gasteiger partial charge in [0.15, 0.2) is 11.5 Å². The molecule has 2 aliphatic heterocycles. The maximum Gasteiger partial charge on any atom is 0.312 e. The van der Waals surface area contributed by atoms with Crippen molar-refractivity contribution in [3.63, 3.8) is 0 Å². The molecule has 2 aliphatic rings. The first-order valence-corrected chi connectivity index (χ1v) is 10.6. The lowest BCUT2D eigenvalue weighted by molar-refractivity contribution is -0.135. The maximum atomic E-state index is 13.3. The second-order valence-corrected chi connectivity index (χ2v) is 8.01. The molecule has 0 saturated carbocycles. The van der Waals surface area contributed by atoms with Crippen LogP contribution < -0.4 is 19.6 Å². The number of hydrogen-bond donors (Lipinski definition) is 1. The normalized spacial score (nSPS) is 16.8. The first-order valence-electron chi connectivity index (χ1n) is 10.6. The fourth-order valence-electron chi connectivity index (χ4n) is 4.46. The molecule has 7 nitrogen and oxygen atoms in total. The number of fused-ring (bicyclic) bond motifs is 4. The van der Waals surface area contributed by atoms with Crippen molar-refractivity contribution in [1.82, 2.24) is 0 Å². The molecule has 4 aromatic rings. The van der Waals surface area contributed by atoms with Gasteiger partial charge in [-0.2, -0.15) is 0 Å². The summed E-state index contributed by atoms with van der Waals surface area (Å²) in [5.41, 5.74) is 2.69. The molecule has 1 atom stereocenters. The highest BCUT2D eigenvalue weighted by Crippen LogP contribution is 2.44. The highest BCUT2D eigenvalue weighted by Gasteiger charge is 2.33. The zero-order valence-electron chi connectivity index (χ0n) is 17.4. The number of benzene rings is 3. The third kappa shape index (κ3) is 3.20. The van der Waals surface area contributed by atoms with Crippen molar-refractivity contribution < 1.29 is 28.5 Å². The SMILES string of the molecule is O=C1CC(c2ccc3c(c2)OCCO3)c2c(ccc3c(=O)c(-c4ccc(O)cc4)coc23)O1. The average Bonchev–Trinajstić information content (AvgIpc) is 2.84. The first kappa shape index (κ1) is 19.4. The lowest BCUT2D eigenvalue weighted by atomic mass is 9.85. The lowest BCUT2D eigenvalue weighted by Crippen LogP contribution is -2.22. The molecule has 3 heterocycles. The molecule has 0 radical (unpaired) electrons. The summed E-state index contributed by atoms with van der Waals surface area (Å²) < 4.78 is 22.8. The number of phenolic OH excluding ortho intramolecular Hbond substituents is 1. The van der Waals surface area contributed by atoms with Gasteiger partial charge in [0.05, 0.1) is 17.4 Å². The van der Waals surface area contributed by atoms with Crippen LogP contribution in [0.4, 0.5) is 0 Å². The molecular weight excluding hydrogens is 424 g/mol. The number of aromatic hydroxyl groups is 1. The van der Waals surface area contributed by atoms with E-state index < -0.39 is 0 Å². The summed E-state index contributed by atoms with van der Waals surface area (Å²) in [5, 5.41) is 9.94. The first-order chi connectivity index (χ1) is 16.1. The minimum Gasteiger partial charge on any atom is -0.508 e. The second-order valence-electron chi connectivity index (χ2n) is 8.01. The Labute approximate surface area is 187 Å². The molecule has 6 rings (SSSR count). The van der Waals surface area contributed by atoms with Crippen molar-refractivity contribution in [2.75, 3.05) is 13.2 Å². The van der Waals surface area contributed by atoms with Gasteiger partial charge in [-0.25, -0.2) is 0 Å². The molecule has 7 heteroatoms. The lowest BCUT2D eigenvalue weighted by Gasteiger charge is -2.27. The molecule has 3 aromatic carbocycles. The number of ether oxygens (including phenoxy) is 3. The largest absolute Gasteiger partial charge is 0.508 e. The van der Waals surface area contributed by atoms with Crippen molar-refractivity contribution in [2.24, 2.45) is 0 Å². The second kappa shape index (κ2) is 7.41. The van der Waals surface area contributed by atoms with E-state index >= 15 is 0 Å². The number of rotatable bonds is 2. The smallest absolute Gasteiger partial charge is 0.312 e. The van der Waals surface area contributed by atoms with Crippen molar-refractivity contribution >= 4 is 16.9 Å². The molecule has 0 bridgehead atoms. The van der Waals surface area contributed by atoms with E-state index in [1.165, 1.54) is 18.4 Å². The number of carbonyl (C=O) groups excluding carboxylic acids is 1. The molecule has 0 spiro atoms. The van der Waals surface area contributed by atoms with Gasteiger partial charge in [0, 0.05) is 11.5 Å². The Bertz CT molecular complexity index is 1470. The van der Waals surface area contributed by atoms with Crippen LogP contribution in [0.2, 0.25) is 0 Å². The average molecular weight is 442 g/mol. The minimum absolute atomic E-state index is 0.106. The van der Waals surface area contributed by atoms with Gasteiger partial charge < -0.3 is 23.7 Å². The summed E-state index contributed by atoms with van der Waals surface area (Å²) in [5.74, 6) is 1.04. The fourth-order valence-corrected chi connectivity index (χ4v) is 4.46. The molecule has 0 saturated heterocycles. The van der Waals surface area contributed by atoms with Crippen LogP contribution in [-0.2, 0) is 4.79 Å². The molecule has 1 unspecified atom stereocenters. The van der Waals surface area contributed by atoms with E-state index in [2.05, 4.69) is 0 Å². The predicted octanol–water partition coefficient (Wildman–Crippen LogP) is 4.38. The third-order valence-corrected chi connectivity index (χ3v) is 6.03. The quantitative estimate of drug-likeness (QED) is 0.364. The number of esters is 1. The van der Waals surface area contributed by atoms with Gasteiger partial charge in [-0.05, 0) is 47.5 Å². The van der Waals surface area contributed by atoms with E-state index in [-0.39, 0.29) is 29.5 Å². The Morgan fingerprint density at radius 1 is 0.848 bits per heavy atom. The number of phenols is 1. The third-order valence-electron chi connectivity index (χ3n) is 6.03. The minimum atomic E-state index is -0.372. The van der Waals surface area contributed by atoms with Gasteiger partial charge in [-0.1, -0.05) is 18.2 Å². The number of hydrogen-bond acceptors (Lipinski definition) is 7. The van der Waals surface area contributed by atoms with Crippen molar-refractivity contribution in [3.8, 4) is 34.1 Å². The van der Waals surface area contributed by atoms with E-state index in [0.717, 1.165) is 5.56 Å². The monoisotopic (exact) mass is 442 g/mol. The summed E-state index contributed by atoms with van der Waals surface area (Å²) in [7, 11) is 0. The van der Waals surface area contributed by atoms with Crippen LogP contribution in [0.5, 0.6) is 23.0 Å². The predicted molar refractivity (Wildman–Crippen MR) is 119 cm³/mol. The van der Waals surface area contributed by atoms with Crippen molar-refractivity contribution in [2.45, 2.75) is 12.3 Å². The van der Waals surface area contributed by atoms with Gasteiger partial charge >= 0.3 is 5.97 Å². The molecule has 1 aromatic heterocycles. The van der Waals surface area contributed by atoms with Gasteiger partial charge in [-0.15, -0.1) is 0 Å². The summed E-state index contributed by atoms with van der Waals surface area (Å²) in [6.07, 6.45) is 1.52. The molecule has 0 amide bonds. The molecule has 1 N–H and O–H groups in total. The summed E-state index contributed by atoms with van der Waals surface area (Å²) >= 11 is 0. The Morgan fingerprint density at radius 2 is 1.61 bits per heavy atom. The summed E-state index contributed by atoms with van der Waals surface area (Å²) in [6, 6.07) is 15.2.